The first kappa shape index (κ1) is 22.4. The Morgan fingerprint density at radius 1 is 1.06 bits per heavy atom. The standard InChI is InChI=1S/C23H22F3N3O2S/c1-28-9-11-29(12-10-28)22-27-21(30)20(32-22)14-15-7-8-17(19(13-15)31-2)16-5-3-4-6-18(16)23(24,25)26/h3-8,13-14H,9-12H2,1-2H3. The van der Waals surface area contributed by atoms with Crippen LogP contribution >= 0.6 is 11.8 Å². The number of thioether (sulfide) groups is 1. The van der Waals surface area contributed by atoms with E-state index >= 15 is 0 Å². The Labute approximate surface area is 188 Å². The Morgan fingerprint density at radius 2 is 1.78 bits per heavy atom. The molecule has 0 aliphatic carbocycles. The van der Waals surface area contributed by atoms with Crippen molar-refractivity contribution in [2.24, 2.45) is 4.99 Å². The fourth-order valence-electron chi connectivity index (χ4n) is 3.67. The van der Waals surface area contributed by atoms with E-state index in [2.05, 4.69) is 21.8 Å². The number of likely N-dealkylation sites (N-methyl/N-ethyl adjacent to an activating group) is 1. The number of ether oxygens (including phenoxy) is 1. The van der Waals surface area contributed by atoms with E-state index in [1.807, 2.05) is 0 Å². The predicted molar refractivity (Wildman–Crippen MR) is 121 cm³/mol. The quantitative estimate of drug-likeness (QED) is 0.626. The van der Waals surface area contributed by atoms with Crippen LogP contribution in [-0.4, -0.2) is 61.2 Å². The van der Waals surface area contributed by atoms with Crippen LogP contribution in [0.25, 0.3) is 17.2 Å². The third-order valence-corrected chi connectivity index (χ3v) is 6.47. The molecular formula is C23H22F3N3O2S. The number of amidine groups is 1. The van der Waals surface area contributed by atoms with E-state index in [0.29, 0.717) is 26.9 Å². The first-order valence-electron chi connectivity index (χ1n) is 10.1. The second kappa shape index (κ2) is 8.99. The first-order valence-corrected chi connectivity index (χ1v) is 10.9. The van der Waals surface area contributed by atoms with Crippen LogP contribution in [0, 0.1) is 0 Å². The van der Waals surface area contributed by atoms with Gasteiger partial charge in [-0.3, -0.25) is 4.79 Å². The molecule has 5 nitrogen and oxygen atoms in total. The van der Waals surface area contributed by atoms with E-state index in [0.717, 1.165) is 32.2 Å². The second-order valence-electron chi connectivity index (χ2n) is 7.60. The van der Waals surface area contributed by atoms with E-state index < -0.39 is 11.7 Å². The Hall–Kier alpha value is -2.78. The molecule has 1 fully saturated rings. The van der Waals surface area contributed by atoms with Gasteiger partial charge in [-0.1, -0.05) is 30.3 Å². The number of methoxy groups -OCH3 is 1. The van der Waals surface area contributed by atoms with Crippen LogP contribution in [0.2, 0.25) is 0 Å². The minimum absolute atomic E-state index is 0.0445. The van der Waals surface area contributed by atoms with Gasteiger partial charge < -0.3 is 14.5 Å². The molecule has 2 aromatic carbocycles. The van der Waals surface area contributed by atoms with Crippen LogP contribution in [0.1, 0.15) is 11.1 Å². The largest absolute Gasteiger partial charge is 0.496 e. The lowest BCUT2D eigenvalue weighted by Gasteiger charge is -2.32. The number of carbonyl (C=O) groups is 1. The van der Waals surface area contributed by atoms with Crippen molar-refractivity contribution < 1.29 is 22.7 Å². The van der Waals surface area contributed by atoms with Crippen molar-refractivity contribution in [3.8, 4) is 16.9 Å². The third kappa shape index (κ3) is 4.68. The number of rotatable bonds is 3. The van der Waals surface area contributed by atoms with Crippen LogP contribution < -0.4 is 4.74 Å². The molecule has 0 atom stereocenters. The van der Waals surface area contributed by atoms with E-state index in [9.17, 15) is 18.0 Å². The van der Waals surface area contributed by atoms with Crippen LogP contribution in [0.15, 0.2) is 52.4 Å². The van der Waals surface area contributed by atoms with Crippen LogP contribution in [0.5, 0.6) is 5.75 Å². The lowest BCUT2D eigenvalue weighted by molar-refractivity contribution is -0.137. The van der Waals surface area contributed by atoms with Crippen LogP contribution in [0.4, 0.5) is 13.2 Å². The molecule has 0 N–H and O–H groups in total. The van der Waals surface area contributed by atoms with E-state index in [-0.39, 0.29) is 11.5 Å². The van der Waals surface area contributed by atoms with Gasteiger partial charge in [0.15, 0.2) is 5.17 Å². The number of aliphatic imine (C=N–C) groups is 1. The minimum Gasteiger partial charge on any atom is -0.496 e. The Bertz CT molecular complexity index is 1090. The van der Waals surface area contributed by atoms with Gasteiger partial charge in [-0.05, 0) is 48.1 Å². The van der Waals surface area contributed by atoms with E-state index in [1.165, 1.54) is 31.0 Å². The maximum absolute atomic E-state index is 13.5. The van der Waals surface area contributed by atoms with Gasteiger partial charge in [0.25, 0.3) is 5.91 Å². The summed E-state index contributed by atoms with van der Waals surface area (Å²) in [4.78, 5) is 21.4. The molecule has 2 heterocycles. The van der Waals surface area contributed by atoms with Crippen LogP contribution in [-0.2, 0) is 11.0 Å². The van der Waals surface area contributed by atoms with Crippen molar-refractivity contribution in [3.63, 3.8) is 0 Å². The van der Waals surface area contributed by atoms with Crippen molar-refractivity contribution in [3.05, 3.63) is 58.5 Å². The molecule has 9 heteroatoms. The molecule has 0 radical (unpaired) electrons. The maximum Gasteiger partial charge on any atom is 0.417 e. The topological polar surface area (TPSA) is 45.1 Å². The molecule has 1 amide bonds. The highest BCUT2D eigenvalue weighted by atomic mass is 32.2. The van der Waals surface area contributed by atoms with E-state index in [4.69, 9.17) is 4.74 Å². The van der Waals surface area contributed by atoms with Crippen molar-refractivity contribution in [2.45, 2.75) is 6.18 Å². The number of halogens is 3. The summed E-state index contributed by atoms with van der Waals surface area (Å²) in [6, 6.07) is 10.3. The molecule has 2 aliphatic heterocycles. The summed E-state index contributed by atoms with van der Waals surface area (Å²) in [7, 11) is 3.47. The highest BCUT2D eigenvalue weighted by Crippen LogP contribution is 2.41. The highest BCUT2D eigenvalue weighted by molar-refractivity contribution is 8.18. The van der Waals surface area contributed by atoms with Gasteiger partial charge in [0.2, 0.25) is 0 Å². The molecule has 1 saturated heterocycles. The summed E-state index contributed by atoms with van der Waals surface area (Å²) in [5.74, 6) is -0.0129. The third-order valence-electron chi connectivity index (χ3n) is 5.43. The maximum atomic E-state index is 13.5. The van der Waals surface area contributed by atoms with Gasteiger partial charge in [0.05, 0.1) is 17.6 Å². The number of nitrogens with zero attached hydrogens (tertiary/aromatic N) is 3. The molecule has 0 bridgehead atoms. The molecule has 0 unspecified atom stereocenters. The first-order chi connectivity index (χ1) is 15.3. The molecule has 2 aliphatic rings. The van der Waals surface area contributed by atoms with E-state index in [1.54, 1.807) is 30.3 Å². The molecule has 2 aromatic rings. The summed E-state index contributed by atoms with van der Waals surface area (Å²) in [6.45, 7) is 3.43. The zero-order valence-corrected chi connectivity index (χ0v) is 18.5. The number of carbonyl (C=O) groups excluding carboxylic acids is 1. The summed E-state index contributed by atoms with van der Waals surface area (Å²) < 4.78 is 45.8. The van der Waals surface area contributed by atoms with Crippen molar-refractivity contribution >= 4 is 28.9 Å². The summed E-state index contributed by atoms with van der Waals surface area (Å²) in [5, 5.41) is 0.692. The zero-order chi connectivity index (χ0) is 22.9. The molecule has 0 aromatic heterocycles. The Morgan fingerprint density at radius 3 is 2.47 bits per heavy atom. The van der Waals surface area contributed by atoms with Crippen molar-refractivity contribution in [1.29, 1.82) is 0 Å². The van der Waals surface area contributed by atoms with Crippen molar-refractivity contribution in [2.75, 3.05) is 40.3 Å². The molecular weight excluding hydrogens is 439 g/mol. The smallest absolute Gasteiger partial charge is 0.417 e. The fourth-order valence-corrected chi connectivity index (χ4v) is 4.63. The number of hydrogen-bond donors (Lipinski definition) is 0. The number of alkyl halides is 3. The highest BCUT2D eigenvalue weighted by Gasteiger charge is 2.34. The Kier molecular flexibility index (Phi) is 6.30. The predicted octanol–water partition coefficient (Wildman–Crippen LogP) is 4.60. The number of hydrogen-bond acceptors (Lipinski definition) is 5. The minimum atomic E-state index is -4.48. The van der Waals surface area contributed by atoms with Crippen molar-refractivity contribution in [1.82, 2.24) is 9.80 Å². The number of piperazine rings is 1. The molecule has 0 spiro atoms. The Balaban J connectivity index is 1.60. The van der Waals surface area contributed by atoms with Gasteiger partial charge in [-0.25, -0.2) is 0 Å². The van der Waals surface area contributed by atoms with Gasteiger partial charge >= 0.3 is 6.18 Å². The SMILES string of the molecule is COc1cc(C=C2SC(N3CCN(C)CC3)=NC2=O)ccc1-c1ccccc1C(F)(F)F. The molecule has 4 rings (SSSR count). The van der Waals surface area contributed by atoms with Gasteiger partial charge in [0.1, 0.15) is 5.75 Å². The summed E-state index contributed by atoms with van der Waals surface area (Å²) in [6.07, 6.45) is -2.78. The molecule has 32 heavy (non-hydrogen) atoms. The number of benzene rings is 2. The average molecular weight is 462 g/mol. The lowest BCUT2D eigenvalue weighted by atomic mass is 9.97. The summed E-state index contributed by atoms with van der Waals surface area (Å²) >= 11 is 1.32. The van der Waals surface area contributed by atoms with Gasteiger partial charge in [0, 0.05) is 31.7 Å². The van der Waals surface area contributed by atoms with Gasteiger partial charge in [-0.15, -0.1) is 0 Å². The normalized spacial score (nSPS) is 18.9. The molecule has 0 saturated carbocycles. The average Bonchev–Trinajstić information content (AvgIpc) is 3.13. The van der Waals surface area contributed by atoms with Gasteiger partial charge in [-0.2, -0.15) is 18.2 Å². The monoisotopic (exact) mass is 461 g/mol. The second-order valence-corrected chi connectivity index (χ2v) is 8.61. The fraction of sp³-hybridized carbons (Fsp3) is 0.304. The lowest BCUT2D eigenvalue weighted by Crippen LogP contribution is -2.46. The summed E-state index contributed by atoms with van der Waals surface area (Å²) in [5.41, 5.74) is 0.308. The zero-order valence-electron chi connectivity index (χ0n) is 17.6. The van der Waals surface area contributed by atoms with Crippen LogP contribution in [0.3, 0.4) is 0 Å². The molecule has 168 valence electrons. The number of amides is 1.